The predicted octanol–water partition coefficient (Wildman–Crippen LogP) is 5.12. The molecule has 4 aromatic rings. The lowest BCUT2D eigenvalue weighted by molar-refractivity contribution is 0.0975. The van der Waals surface area contributed by atoms with E-state index in [0.717, 1.165) is 20.3 Å². The standard InChI is InChI=1S/C20H17BrN4OS/c1-2-25-17(10-11-22-25)19(26)24(13-14-6-4-3-5-7-14)20-23-16-9-8-15(21)12-18(16)27-20/h3-12H,2,13H2,1H3. The lowest BCUT2D eigenvalue weighted by Crippen LogP contribution is -2.32. The highest BCUT2D eigenvalue weighted by Crippen LogP contribution is 2.32. The summed E-state index contributed by atoms with van der Waals surface area (Å²) in [5.74, 6) is -0.101. The topological polar surface area (TPSA) is 51.0 Å². The van der Waals surface area contributed by atoms with Gasteiger partial charge in [0.2, 0.25) is 0 Å². The summed E-state index contributed by atoms with van der Waals surface area (Å²) >= 11 is 5.01. The minimum Gasteiger partial charge on any atom is -0.278 e. The first-order chi connectivity index (χ1) is 13.2. The van der Waals surface area contributed by atoms with Crippen LogP contribution in [0.5, 0.6) is 0 Å². The lowest BCUT2D eigenvalue weighted by atomic mass is 10.2. The molecule has 2 heterocycles. The van der Waals surface area contributed by atoms with Crippen LogP contribution in [0.3, 0.4) is 0 Å². The van der Waals surface area contributed by atoms with E-state index in [9.17, 15) is 4.79 Å². The van der Waals surface area contributed by atoms with Gasteiger partial charge in [-0.1, -0.05) is 57.6 Å². The Hall–Kier alpha value is -2.51. The number of thiazole rings is 1. The monoisotopic (exact) mass is 440 g/mol. The van der Waals surface area contributed by atoms with Crippen molar-refractivity contribution in [2.75, 3.05) is 4.90 Å². The highest BCUT2D eigenvalue weighted by atomic mass is 79.9. The maximum absolute atomic E-state index is 13.4. The molecule has 0 fully saturated rings. The molecule has 0 spiro atoms. The molecule has 0 aliphatic rings. The summed E-state index contributed by atoms with van der Waals surface area (Å²) in [5, 5.41) is 4.92. The van der Waals surface area contributed by atoms with Gasteiger partial charge in [0.25, 0.3) is 5.91 Å². The Morgan fingerprint density at radius 1 is 1.19 bits per heavy atom. The van der Waals surface area contributed by atoms with Crippen molar-refractivity contribution in [3.63, 3.8) is 0 Å². The molecule has 27 heavy (non-hydrogen) atoms. The summed E-state index contributed by atoms with van der Waals surface area (Å²) in [4.78, 5) is 19.8. The van der Waals surface area contributed by atoms with Gasteiger partial charge in [0.1, 0.15) is 5.69 Å². The number of rotatable bonds is 5. The molecule has 0 atom stereocenters. The number of hydrogen-bond acceptors (Lipinski definition) is 4. The fourth-order valence-electron chi connectivity index (χ4n) is 2.90. The van der Waals surface area contributed by atoms with Gasteiger partial charge in [-0.3, -0.25) is 14.4 Å². The first-order valence-corrected chi connectivity index (χ1v) is 10.2. The van der Waals surface area contributed by atoms with Crippen molar-refractivity contribution in [3.8, 4) is 0 Å². The van der Waals surface area contributed by atoms with Crippen molar-refractivity contribution in [2.45, 2.75) is 20.0 Å². The Labute approximate surface area is 169 Å². The third kappa shape index (κ3) is 3.65. The zero-order valence-corrected chi connectivity index (χ0v) is 17.1. The summed E-state index contributed by atoms with van der Waals surface area (Å²) in [6, 6.07) is 17.7. The molecule has 0 bridgehead atoms. The summed E-state index contributed by atoms with van der Waals surface area (Å²) in [5.41, 5.74) is 2.50. The van der Waals surface area contributed by atoms with Crippen LogP contribution < -0.4 is 4.90 Å². The number of aromatic nitrogens is 3. The van der Waals surface area contributed by atoms with E-state index in [-0.39, 0.29) is 5.91 Å². The molecule has 136 valence electrons. The highest BCUT2D eigenvalue weighted by Gasteiger charge is 2.24. The van der Waals surface area contributed by atoms with Gasteiger partial charge in [0.15, 0.2) is 5.13 Å². The quantitative estimate of drug-likeness (QED) is 0.432. The number of carbonyl (C=O) groups excluding carboxylic acids is 1. The smallest absolute Gasteiger partial charge is 0.278 e. The Morgan fingerprint density at radius 2 is 2.00 bits per heavy atom. The molecule has 0 radical (unpaired) electrons. The molecular weight excluding hydrogens is 424 g/mol. The number of aryl methyl sites for hydroxylation is 1. The summed E-state index contributed by atoms with van der Waals surface area (Å²) in [7, 11) is 0. The molecule has 0 N–H and O–H groups in total. The van der Waals surface area contributed by atoms with Crippen LogP contribution >= 0.6 is 27.3 Å². The van der Waals surface area contributed by atoms with Crippen molar-refractivity contribution in [1.29, 1.82) is 0 Å². The first kappa shape index (κ1) is 17.9. The van der Waals surface area contributed by atoms with Crippen LogP contribution in [0.25, 0.3) is 10.2 Å². The van der Waals surface area contributed by atoms with E-state index in [2.05, 4.69) is 21.0 Å². The lowest BCUT2D eigenvalue weighted by Gasteiger charge is -2.20. The summed E-state index contributed by atoms with van der Waals surface area (Å²) in [6.07, 6.45) is 1.66. The van der Waals surface area contributed by atoms with Crippen LogP contribution in [-0.2, 0) is 13.1 Å². The molecule has 2 aromatic heterocycles. The summed E-state index contributed by atoms with van der Waals surface area (Å²) < 4.78 is 3.74. The number of benzene rings is 2. The molecule has 0 saturated carbocycles. The van der Waals surface area contributed by atoms with Gasteiger partial charge < -0.3 is 0 Å². The highest BCUT2D eigenvalue weighted by molar-refractivity contribution is 9.10. The molecule has 0 aliphatic heterocycles. The molecule has 2 aromatic carbocycles. The number of halogens is 1. The zero-order chi connectivity index (χ0) is 18.8. The van der Waals surface area contributed by atoms with E-state index in [0.29, 0.717) is 23.9 Å². The maximum Gasteiger partial charge on any atom is 0.278 e. The van der Waals surface area contributed by atoms with E-state index in [1.807, 2.05) is 55.5 Å². The molecule has 5 nitrogen and oxygen atoms in total. The molecule has 0 saturated heterocycles. The van der Waals surface area contributed by atoms with E-state index in [1.165, 1.54) is 11.3 Å². The van der Waals surface area contributed by atoms with Gasteiger partial charge in [-0.25, -0.2) is 4.98 Å². The first-order valence-electron chi connectivity index (χ1n) is 8.59. The van der Waals surface area contributed by atoms with E-state index < -0.39 is 0 Å². The average Bonchev–Trinajstić information content (AvgIpc) is 3.32. The third-order valence-corrected chi connectivity index (χ3v) is 5.77. The van der Waals surface area contributed by atoms with Crippen LogP contribution in [0.2, 0.25) is 0 Å². The maximum atomic E-state index is 13.4. The number of fused-ring (bicyclic) bond motifs is 1. The Kier molecular flexibility index (Phi) is 5.05. The van der Waals surface area contributed by atoms with Gasteiger partial charge in [-0.15, -0.1) is 0 Å². The molecule has 1 amide bonds. The zero-order valence-electron chi connectivity index (χ0n) is 14.7. The van der Waals surface area contributed by atoms with Gasteiger partial charge in [-0.05, 0) is 36.8 Å². The summed E-state index contributed by atoms with van der Waals surface area (Å²) in [6.45, 7) is 3.07. The molecule has 4 rings (SSSR count). The largest absolute Gasteiger partial charge is 0.278 e. The van der Waals surface area contributed by atoms with Crippen molar-refractivity contribution < 1.29 is 4.79 Å². The fourth-order valence-corrected chi connectivity index (χ4v) is 4.41. The SMILES string of the molecule is CCn1nccc1C(=O)N(Cc1ccccc1)c1nc2ccc(Br)cc2s1. The molecule has 0 aliphatic carbocycles. The second kappa shape index (κ2) is 7.62. The Balaban J connectivity index is 1.78. The van der Waals surface area contributed by atoms with Crippen molar-refractivity contribution >= 4 is 48.5 Å². The van der Waals surface area contributed by atoms with Crippen molar-refractivity contribution in [1.82, 2.24) is 14.8 Å². The molecule has 7 heteroatoms. The predicted molar refractivity (Wildman–Crippen MR) is 112 cm³/mol. The number of anilines is 1. The normalized spacial score (nSPS) is 11.0. The third-order valence-electron chi connectivity index (χ3n) is 4.23. The molecule has 0 unspecified atom stereocenters. The van der Waals surface area contributed by atoms with Crippen LogP contribution in [0.1, 0.15) is 23.0 Å². The van der Waals surface area contributed by atoms with Gasteiger partial charge in [-0.2, -0.15) is 5.10 Å². The van der Waals surface area contributed by atoms with Crippen LogP contribution in [0.15, 0.2) is 65.3 Å². The van der Waals surface area contributed by atoms with Crippen LogP contribution in [0, 0.1) is 0 Å². The van der Waals surface area contributed by atoms with Crippen LogP contribution in [-0.4, -0.2) is 20.7 Å². The van der Waals surface area contributed by atoms with Gasteiger partial charge in [0.05, 0.1) is 16.8 Å². The number of nitrogens with zero attached hydrogens (tertiary/aromatic N) is 4. The van der Waals surface area contributed by atoms with E-state index >= 15 is 0 Å². The Bertz CT molecular complexity index is 1090. The fraction of sp³-hybridized carbons (Fsp3) is 0.150. The van der Waals surface area contributed by atoms with Crippen molar-refractivity contribution in [3.05, 3.63) is 76.5 Å². The number of carbonyl (C=O) groups is 1. The van der Waals surface area contributed by atoms with Crippen molar-refractivity contribution in [2.24, 2.45) is 0 Å². The minimum atomic E-state index is -0.101. The van der Waals surface area contributed by atoms with Gasteiger partial charge >= 0.3 is 0 Å². The average molecular weight is 441 g/mol. The van der Waals surface area contributed by atoms with E-state index in [4.69, 9.17) is 4.98 Å². The van der Waals surface area contributed by atoms with E-state index in [1.54, 1.807) is 21.8 Å². The second-order valence-corrected chi connectivity index (χ2v) is 7.94. The minimum absolute atomic E-state index is 0.101. The Morgan fingerprint density at radius 3 is 2.78 bits per heavy atom. The number of amides is 1. The van der Waals surface area contributed by atoms with Gasteiger partial charge in [0, 0.05) is 17.2 Å². The second-order valence-electron chi connectivity index (χ2n) is 6.02. The van der Waals surface area contributed by atoms with Crippen LogP contribution in [0.4, 0.5) is 5.13 Å². The molecular formula is C20H17BrN4OS. The number of hydrogen-bond donors (Lipinski definition) is 0.